The summed E-state index contributed by atoms with van der Waals surface area (Å²) in [6.45, 7) is 9.61. The van der Waals surface area contributed by atoms with Crippen molar-refractivity contribution in [2.45, 2.75) is 71.2 Å². The van der Waals surface area contributed by atoms with Crippen LogP contribution < -0.4 is 5.32 Å². The van der Waals surface area contributed by atoms with E-state index in [9.17, 15) is 24.3 Å². The monoisotopic (exact) mass is 554 g/mol. The number of carbonyl (C=O) groups excluding carboxylic acids is 4. The van der Waals surface area contributed by atoms with E-state index in [4.69, 9.17) is 14.2 Å². The Bertz CT molecular complexity index is 1200. The molecule has 2 aromatic rings. The van der Waals surface area contributed by atoms with Crippen LogP contribution in [0.15, 0.2) is 48.5 Å². The molecule has 3 atom stereocenters. The molecule has 0 aromatic heterocycles. The van der Waals surface area contributed by atoms with Gasteiger partial charge in [0.15, 0.2) is 6.04 Å². The zero-order valence-corrected chi connectivity index (χ0v) is 24.0. The molecule has 0 bridgehead atoms. The first kappa shape index (κ1) is 30.6. The standard InChI is InChI=1S/C30H38N2O8/c1-17(2)25(27(35)39-26(34)24(18(3)33)31-28(36)40-30(4,5)6)32(7)29(37)38-16-23-21-14-10-8-12-19(21)20-13-9-11-15-22(20)23/h8-15,17-18,23-25,33H,16H2,1-7H3,(H,31,36)/t18-,24-,25+/m1/s1. The van der Waals surface area contributed by atoms with E-state index in [0.29, 0.717) is 0 Å². The maximum Gasteiger partial charge on any atom is 0.410 e. The van der Waals surface area contributed by atoms with Gasteiger partial charge in [-0.3, -0.25) is 4.90 Å². The molecule has 0 saturated carbocycles. The van der Waals surface area contributed by atoms with Gasteiger partial charge in [0.2, 0.25) is 0 Å². The van der Waals surface area contributed by atoms with Crippen molar-refractivity contribution in [2.24, 2.45) is 5.92 Å². The fraction of sp³-hybridized carbons (Fsp3) is 0.467. The normalized spacial score (nSPS) is 14.8. The Hall–Kier alpha value is -3.92. The highest BCUT2D eigenvalue weighted by atomic mass is 16.6. The summed E-state index contributed by atoms with van der Waals surface area (Å²) < 4.78 is 15.8. The van der Waals surface area contributed by atoms with Crippen molar-refractivity contribution in [3.63, 3.8) is 0 Å². The molecule has 40 heavy (non-hydrogen) atoms. The SMILES string of the molecule is CC(C)[C@@H](C(=O)OC(=O)[C@H](NC(=O)OC(C)(C)C)[C@@H](C)O)N(C)C(=O)OCC1c2ccccc2-c2ccccc21. The molecule has 0 fully saturated rings. The molecule has 3 rings (SSSR count). The van der Waals surface area contributed by atoms with Crippen LogP contribution in [0.4, 0.5) is 9.59 Å². The number of alkyl carbamates (subject to hydrolysis) is 1. The lowest BCUT2D eigenvalue weighted by atomic mass is 9.98. The third-order valence-corrected chi connectivity index (χ3v) is 6.52. The predicted molar refractivity (Wildman–Crippen MR) is 147 cm³/mol. The van der Waals surface area contributed by atoms with Crippen molar-refractivity contribution in [2.75, 3.05) is 13.7 Å². The van der Waals surface area contributed by atoms with Crippen LogP contribution in [0.5, 0.6) is 0 Å². The molecular formula is C30H38N2O8. The summed E-state index contributed by atoms with van der Waals surface area (Å²) >= 11 is 0. The van der Waals surface area contributed by atoms with E-state index in [0.717, 1.165) is 27.2 Å². The molecule has 2 amide bonds. The van der Waals surface area contributed by atoms with Crippen LogP contribution in [0.2, 0.25) is 0 Å². The molecule has 2 aromatic carbocycles. The summed E-state index contributed by atoms with van der Waals surface area (Å²) in [4.78, 5) is 52.1. The lowest BCUT2D eigenvalue weighted by molar-refractivity contribution is -0.166. The van der Waals surface area contributed by atoms with Crippen LogP contribution in [-0.4, -0.2) is 71.6 Å². The Balaban J connectivity index is 1.67. The largest absolute Gasteiger partial charge is 0.448 e. The van der Waals surface area contributed by atoms with Crippen molar-refractivity contribution in [3.05, 3.63) is 59.7 Å². The summed E-state index contributed by atoms with van der Waals surface area (Å²) in [5.41, 5.74) is 3.42. The third kappa shape index (κ3) is 7.18. The number of esters is 2. The zero-order chi connectivity index (χ0) is 29.8. The van der Waals surface area contributed by atoms with E-state index in [2.05, 4.69) is 5.32 Å². The average Bonchev–Trinajstić information content (AvgIpc) is 3.18. The highest BCUT2D eigenvalue weighted by Gasteiger charge is 2.38. The Morgan fingerprint density at radius 3 is 1.93 bits per heavy atom. The Kier molecular flexibility index (Phi) is 9.57. The maximum atomic E-state index is 13.1. The van der Waals surface area contributed by atoms with Crippen LogP contribution in [-0.2, 0) is 23.8 Å². The van der Waals surface area contributed by atoms with Crippen molar-refractivity contribution in [1.82, 2.24) is 10.2 Å². The minimum atomic E-state index is -1.56. The summed E-state index contributed by atoms with van der Waals surface area (Å²) in [6.07, 6.45) is -3.10. The lowest BCUT2D eigenvalue weighted by Gasteiger charge is -2.29. The van der Waals surface area contributed by atoms with E-state index in [-0.39, 0.29) is 12.5 Å². The zero-order valence-electron chi connectivity index (χ0n) is 24.0. The van der Waals surface area contributed by atoms with Gasteiger partial charge in [-0.1, -0.05) is 62.4 Å². The fourth-order valence-electron chi connectivity index (χ4n) is 4.72. The van der Waals surface area contributed by atoms with Crippen LogP contribution in [0, 0.1) is 5.92 Å². The van der Waals surface area contributed by atoms with Crippen molar-refractivity contribution in [1.29, 1.82) is 0 Å². The van der Waals surface area contributed by atoms with E-state index >= 15 is 0 Å². The number of nitrogens with zero attached hydrogens (tertiary/aromatic N) is 1. The van der Waals surface area contributed by atoms with Gasteiger partial charge in [0.05, 0.1) is 6.10 Å². The molecule has 2 N–H and O–H groups in total. The van der Waals surface area contributed by atoms with Gasteiger partial charge < -0.3 is 24.6 Å². The summed E-state index contributed by atoms with van der Waals surface area (Å²) in [5, 5.41) is 12.3. The first-order chi connectivity index (χ1) is 18.7. The Morgan fingerprint density at radius 2 is 1.45 bits per heavy atom. The van der Waals surface area contributed by atoms with Crippen molar-refractivity contribution >= 4 is 24.1 Å². The number of nitrogens with one attached hydrogen (secondary N) is 1. The maximum absolute atomic E-state index is 13.1. The predicted octanol–water partition coefficient (Wildman–Crippen LogP) is 4.24. The van der Waals surface area contributed by atoms with Gasteiger partial charge in [0.25, 0.3) is 0 Å². The molecular weight excluding hydrogens is 516 g/mol. The highest BCUT2D eigenvalue weighted by molar-refractivity contribution is 5.94. The lowest BCUT2D eigenvalue weighted by Crippen LogP contribution is -2.53. The molecule has 216 valence electrons. The summed E-state index contributed by atoms with van der Waals surface area (Å²) in [7, 11) is 1.39. The number of likely N-dealkylation sites (N-methyl/N-ethyl adjacent to an activating group) is 1. The van der Waals surface area contributed by atoms with E-state index < -0.39 is 53.8 Å². The average molecular weight is 555 g/mol. The second kappa shape index (κ2) is 12.5. The van der Waals surface area contributed by atoms with Gasteiger partial charge in [-0.05, 0) is 55.9 Å². The summed E-state index contributed by atoms with van der Waals surface area (Å²) in [6, 6.07) is 13.1. The van der Waals surface area contributed by atoms with Gasteiger partial charge in [-0.2, -0.15) is 0 Å². The number of rotatable bonds is 8. The second-order valence-corrected chi connectivity index (χ2v) is 11.2. The van der Waals surface area contributed by atoms with Gasteiger partial charge in [0.1, 0.15) is 18.2 Å². The van der Waals surface area contributed by atoms with Crippen molar-refractivity contribution < 1.29 is 38.5 Å². The number of aliphatic hydroxyl groups excluding tert-OH is 1. The number of hydrogen-bond acceptors (Lipinski definition) is 8. The number of fused-ring (bicyclic) bond motifs is 3. The summed E-state index contributed by atoms with van der Waals surface area (Å²) in [5.74, 6) is -2.82. The topological polar surface area (TPSA) is 131 Å². The number of benzene rings is 2. The van der Waals surface area contributed by atoms with E-state index in [1.54, 1.807) is 34.6 Å². The quantitative estimate of drug-likeness (QED) is 0.282. The van der Waals surface area contributed by atoms with E-state index in [1.165, 1.54) is 14.0 Å². The van der Waals surface area contributed by atoms with Crippen molar-refractivity contribution in [3.8, 4) is 11.1 Å². The highest BCUT2D eigenvalue weighted by Crippen LogP contribution is 2.44. The molecule has 1 aliphatic carbocycles. The van der Waals surface area contributed by atoms with Crippen LogP contribution in [0.3, 0.4) is 0 Å². The van der Waals surface area contributed by atoms with Gasteiger partial charge in [-0.15, -0.1) is 0 Å². The minimum absolute atomic E-state index is 0.0555. The molecule has 10 nitrogen and oxygen atoms in total. The van der Waals surface area contributed by atoms with E-state index in [1.807, 2.05) is 48.5 Å². The molecule has 0 unspecified atom stereocenters. The number of amides is 2. The van der Waals surface area contributed by atoms with Gasteiger partial charge in [0, 0.05) is 13.0 Å². The molecule has 1 aliphatic rings. The molecule has 0 spiro atoms. The first-order valence-electron chi connectivity index (χ1n) is 13.2. The molecule has 0 heterocycles. The molecule has 0 radical (unpaired) electrons. The Morgan fingerprint density at radius 1 is 0.925 bits per heavy atom. The second-order valence-electron chi connectivity index (χ2n) is 11.2. The minimum Gasteiger partial charge on any atom is -0.448 e. The first-order valence-corrected chi connectivity index (χ1v) is 13.2. The van der Waals surface area contributed by atoms with Crippen LogP contribution in [0.25, 0.3) is 11.1 Å². The van der Waals surface area contributed by atoms with Gasteiger partial charge in [-0.25, -0.2) is 19.2 Å². The number of ether oxygens (including phenoxy) is 3. The van der Waals surface area contributed by atoms with Crippen LogP contribution in [0.1, 0.15) is 58.6 Å². The molecule has 0 aliphatic heterocycles. The van der Waals surface area contributed by atoms with Gasteiger partial charge >= 0.3 is 24.1 Å². The Labute approximate surface area is 234 Å². The number of hydrogen-bond donors (Lipinski definition) is 2. The molecule has 10 heteroatoms. The fourth-order valence-corrected chi connectivity index (χ4v) is 4.72. The third-order valence-electron chi connectivity index (χ3n) is 6.52. The smallest absolute Gasteiger partial charge is 0.410 e. The number of carbonyl (C=O) groups is 4. The number of aliphatic hydroxyl groups is 1. The molecule has 0 saturated heterocycles. The van der Waals surface area contributed by atoms with Crippen LogP contribution >= 0.6 is 0 Å².